The van der Waals surface area contributed by atoms with Crippen LogP contribution in [-0.2, 0) is 16.6 Å². The molecule has 0 spiro atoms. The molecule has 0 radical (unpaired) electrons. The lowest BCUT2D eigenvalue weighted by Gasteiger charge is -2.18. The number of sulfonamides is 1. The van der Waals surface area contributed by atoms with Crippen molar-refractivity contribution in [2.45, 2.75) is 56.5 Å². The molecule has 0 amide bonds. The smallest absolute Gasteiger partial charge is 0.241 e. The van der Waals surface area contributed by atoms with Crippen LogP contribution in [0.3, 0.4) is 0 Å². The van der Waals surface area contributed by atoms with Crippen LogP contribution in [0.5, 0.6) is 0 Å². The minimum atomic E-state index is -3.73. The zero-order valence-corrected chi connectivity index (χ0v) is 13.1. The van der Waals surface area contributed by atoms with Gasteiger partial charge in [-0.3, -0.25) is 0 Å². The van der Waals surface area contributed by atoms with Crippen molar-refractivity contribution in [3.05, 3.63) is 29.6 Å². The van der Waals surface area contributed by atoms with E-state index in [1.165, 1.54) is 12.1 Å². The van der Waals surface area contributed by atoms with E-state index in [2.05, 4.69) is 11.6 Å². The lowest BCUT2D eigenvalue weighted by Crippen LogP contribution is -2.35. The van der Waals surface area contributed by atoms with Crippen LogP contribution in [0.4, 0.5) is 4.39 Å². The first-order valence-electron chi connectivity index (χ1n) is 7.43. The summed E-state index contributed by atoms with van der Waals surface area (Å²) in [5.41, 5.74) is 6.00. The highest BCUT2D eigenvalue weighted by atomic mass is 32.2. The molecule has 2 atom stereocenters. The van der Waals surface area contributed by atoms with Gasteiger partial charge in [-0.25, -0.2) is 17.5 Å². The molecule has 0 aromatic heterocycles. The quantitative estimate of drug-likeness (QED) is 0.839. The zero-order chi connectivity index (χ0) is 15.5. The molecule has 1 saturated carbocycles. The fraction of sp³-hybridized carbons (Fsp3) is 0.600. The van der Waals surface area contributed by atoms with Gasteiger partial charge in [0.25, 0.3) is 0 Å². The maximum Gasteiger partial charge on any atom is 0.241 e. The molecule has 0 aliphatic heterocycles. The average Bonchev–Trinajstić information content (AvgIpc) is 2.63. The van der Waals surface area contributed by atoms with E-state index in [4.69, 9.17) is 5.73 Å². The molecule has 1 aliphatic carbocycles. The van der Waals surface area contributed by atoms with Crippen molar-refractivity contribution in [1.29, 1.82) is 0 Å². The van der Waals surface area contributed by atoms with Crippen molar-refractivity contribution in [2.24, 2.45) is 11.7 Å². The summed E-state index contributed by atoms with van der Waals surface area (Å²) >= 11 is 0. The maximum atomic E-state index is 13.4. The Morgan fingerprint density at radius 1 is 1.29 bits per heavy atom. The Balaban J connectivity index is 2.20. The van der Waals surface area contributed by atoms with Gasteiger partial charge in [-0.05, 0) is 42.9 Å². The molecule has 1 fully saturated rings. The summed E-state index contributed by atoms with van der Waals surface area (Å²) in [7, 11) is -3.73. The Hall–Kier alpha value is -0.980. The van der Waals surface area contributed by atoms with Gasteiger partial charge in [0.2, 0.25) is 10.0 Å². The normalized spacial score (nSPS) is 23.8. The van der Waals surface area contributed by atoms with Crippen LogP contribution >= 0.6 is 0 Å². The molecule has 0 bridgehead atoms. The molecule has 118 valence electrons. The molecular weight excluding hydrogens is 291 g/mol. The van der Waals surface area contributed by atoms with Gasteiger partial charge >= 0.3 is 0 Å². The summed E-state index contributed by atoms with van der Waals surface area (Å²) in [4.78, 5) is -0.0395. The summed E-state index contributed by atoms with van der Waals surface area (Å²) in [6.07, 6.45) is 4.82. The van der Waals surface area contributed by atoms with Crippen LogP contribution in [-0.4, -0.2) is 14.5 Å². The number of hydrogen-bond donors (Lipinski definition) is 2. The van der Waals surface area contributed by atoms with Gasteiger partial charge in [0, 0.05) is 12.6 Å². The van der Waals surface area contributed by atoms with Crippen molar-refractivity contribution in [2.75, 3.05) is 0 Å². The van der Waals surface area contributed by atoms with Gasteiger partial charge in [-0.2, -0.15) is 0 Å². The second-order valence-corrected chi connectivity index (χ2v) is 7.57. The van der Waals surface area contributed by atoms with E-state index < -0.39 is 15.8 Å². The number of rotatable bonds is 4. The molecule has 21 heavy (non-hydrogen) atoms. The molecular formula is C15H23FN2O2S. The third-order valence-electron chi connectivity index (χ3n) is 4.12. The standard InChI is InChI=1S/C15H23FN2O2S/c1-11-3-2-4-14(8-5-11)18-21(19,20)15-9-13(16)7-6-12(15)10-17/h6-7,9,11,14,18H,2-5,8,10,17H2,1H3. The minimum Gasteiger partial charge on any atom is -0.326 e. The summed E-state index contributed by atoms with van der Waals surface area (Å²) in [6.45, 7) is 2.26. The Morgan fingerprint density at radius 2 is 2.05 bits per heavy atom. The number of hydrogen-bond acceptors (Lipinski definition) is 3. The van der Waals surface area contributed by atoms with Gasteiger partial charge in [0.05, 0.1) is 4.90 Å². The lowest BCUT2D eigenvalue weighted by molar-refractivity contribution is 0.484. The van der Waals surface area contributed by atoms with Gasteiger partial charge in [0.1, 0.15) is 5.82 Å². The van der Waals surface area contributed by atoms with Crippen molar-refractivity contribution in [3.8, 4) is 0 Å². The second kappa shape index (κ2) is 6.85. The Kier molecular flexibility index (Phi) is 5.35. The Bertz CT molecular complexity index is 589. The lowest BCUT2D eigenvalue weighted by atomic mass is 10.0. The Morgan fingerprint density at radius 3 is 2.76 bits per heavy atom. The van der Waals surface area contributed by atoms with Crippen LogP contribution in [0.2, 0.25) is 0 Å². The monoisotopic (exact) mass is 314 g/mol. The highest BCUT2D eigenvalue weighted by Gasteiger charge is 2.24. The summed E-state index contributed by atoms with van der Waals surface area (Å²) < 4.78 is 41.1. The molecule has 1 aliphatic rings. The number of benzene rings is 1. The molecule has 4 nitrogen and oxygen atoms in total. The molecule has 2 unspecified atom stereocenters. The van der Waals surface area contributed by atoms with Crippen LogP contribution in [0.1, 0.15) is 44.6 Å². The van der Waals surface area contributed by atoms with Crippen LogP contribution < -0.4 is 10.5 Å². The summed E-state index contributed by atoms with van der Waals surface area (Å²) in [6, 6.07) is 3.63. The van der Waals surface area contributed by atoms with Crippen LogP contribution in [0.25, 0.3) is 0 Å². The first-order valence-corrected chi connectivity index (χ1v) is 8.91. The van der Waals surface area contributed by atoms with Crippen LogP contribution in [0, 0.1) is 11.7 Å². The van der Waals surface area contributed by atoms with Crippen molar-refractivity contribution in [3.63, 3.8) is 0 Å². The van der Waals surface area contributed by atoms with Crippen LogP contribution in [0.15, 0.2) is 23.1 Å². The van der Waals surface area contributed by atoms with Gasteiger partial charge in [-0.15, -0.1) is 0 Å². The molecule has 2 rings (SSSR count). The first-order chi connectivity index (χ1) is 9.92. The third kappa shape index (κ3) is 4.25. The molecule has 3 N–H and O–H groups in total. The van der Waals surface area contributed by atoms with Crippen molar-refractivity contribution in [1.82, 2.24) is 4.72 Å². The molecule has 6 heteroatoms. The fourth-order valence-electron chi connectivity index (χ4n) is 2.84. The predicted octanol–water partition coefficient (Wildman–Crippen LogP) is 2.53. The average molecular weight is 314 g/mol. The topological polar surface area (TPSA) is 72.2 Å². The van der Waals surface area contributed by atoms with E-state index in [1.807, 2.05) is 0 Å². The fourth-order valence-corrected chi connectivity index (χ4v) is 4.40. The third-order valence-corrected chi connectivity index (χ3v) is 5.72. The number of halogens is 1. The zero-order valence-electron chi connectivity index (χ0n) is 12.3. The van der Waals surface area contributed by atoms with E-state index in [0.29, 0.717) is 11.5 Å². The molecule has 0 saturated heterocycles. The van der Waals surface area contributed by atoms with Gasteiger partial charge in [0.15, 0.2) is 0 Å². The van der Waals surface area contributed by atoms with Gasteiger partial charge in [-0.1, -0.05) is 25.8 Å². The minimum absolute atomic E-state index is 0.0395. The summed E-state index contributed by atoms with van der Waals surface area (Å²) in [5, 5.41) is 0. The van der Waals surface area contributed by atoms with E-state index in [-0.39, 0.29) is 17.5 Å². The Labute approximate surface area is 126 Å². The van der Waals surface area contributed by atoms with E-state index in [1.54, 1.807) is 0 Å². The van der Waals surface area contributed by atoms with E-state index in [9.17, 15) is 12.8 Å². The van der Waals surface area contributed by atoms with Gasteiger partial charge < -0.3 is 5.73 Å². The highest BCUT2D eigenvalue weighted by Crippen LogP contribution is 2.24. The molecule has 1 aromatic rings. The van der Waals surface area contributed by atoms with E-state index in [0.717, 1.165) is 38.2 Å². The highest BCUT2D eigenvalue weighted by molar-refractivity contribution is 7.89. The second-order valence-electron chi connectivity index (χ2n) is 5.89. The molecule has 1 aromatic carbocycles. The predicted molar refractivity (Wildman–Crippen MR) is 80.6 cm³/mol. The number of nitrogens with one attached hydrogen (secondary N) is 1. The summed E-state index contributed by atoms with van der Waals surface area (Å²) in [5.74, 6) is 0.0651. The number of nitrogens with two attached hydrogens (primary N) is 1. The van der Waals surface area contributed by atoms with E-state index >= 15 is 0 Å². The maximum absolute atomic E-state index is 13.4. The molecule has 0 heterocycles. The largest absolute Gasteiger partial charge is 0.326 e. The first kappa shape index (κ1) is 16.4. The van der Waals surface area contributed by atoms with Crippen molar-refractivity contribution < 1.29 is 12.8 Å². The SMILES string of the molecule is CC1CCCC(NS(=O)(=O)c2cc(F)ccc2CN)CC1. The van der Waals surface area contributed by atoms with Crippen molar-refractivity contribution >= 4 is 10.0 Å².